The average molecular weight is 527 g/mol. The van der Waals surface area contributed by atoms with Gasteiger partial charge in [-0.05, 0) is 24.3 Å². The number of rotatable bonds is 14. The summed E-state index contributed by atoms with van der Waals surface area (Å²) < 4.78 is 38.2. The van der Waals surface area contributed by atoms with E-state index in [1.807, 2.05) is 0 Å². The standard InChI is InChI=1S/C21H30N6O8S/c1-14(29)23-7-9-27-20(30)18(22)17(13-34-2)19(21(27)31)26-25-15-3-5-16(6-4-15)36(32,33)24-8-11-35-12-10-28/h3-6,24,28,31H,7-13,22H2,1-2H3,(H,23,29)/b26-25+. The highest BCUT2D eigenvalue weighted by molar-refractivity contribution is 7.89. The van der Waals surface area contributed by atoms with Gasteiger partial charge in [-0.25, -0.2) is 13.1 Å². The second kappa shape index (κ2) is 13.6. The molecule has 0 spiro atoms. The minimum Gasteiger partial charge on any atom is -0.493 e. The van der Waals surface area contributed by atoms with Crippen molar-refractivity contribution in [2.45, 2.75) is 25.0 Å². The number of nitrogens with zero attached hydrogens (tertiary/aromatic N) is 3. The lowest BCUT2D eigenvalue weighted by atomic mass is 10.2. The number of carbonyl (C=O) groups is 1. The number of sulfonamides is 1. The first-order valence-electron chi connectivity index (χ1n) is 10.8. The molecule has 6 N–H and O–H groups in total. The van der Waals surface area contributed by atoms with Gasteiger partial charge in [-0.2, -0.15) is 5.11 Å². The molecular weight excluding hydrogens is 496 g/mol. The van der Waals surface area contributed by atoms with E-state index in [0.717, 1.165) is 4.57 Å². The fourth-order valence-corrected chi connectivity index (χ4v) is 4.02. The van der Waals surface area contributed by atoms with E-state index >= 15 is 0 Å². The summed E-state index contributed by atoms with van der Waals surface area (Å²) in [5.74, 6) is -0.815. The van der Waals surface area contributed by atoms with Gasteiger partial charge in [-0.1, -0.05) is 0 Å². The molecule has 0 atom stereocenters. The molecule has 0 aliphatic heterocycles. The Balaban J connectivity index is 2.28. The zero-order chi connectivity index (χ0) is 26.7. The molecule has 1 heterocycles. The zero-order valence-electron chi connectivity index (χ0n) is 19.9. The predicted molar refractivity (Wildman–Crippen MR) is 130 cm³/mol. The van der Waals surface area contributed by atoms with Crippen LogP contribution in [0.15, 0.2) is 44.2 Å². The van der Waals surface area contributed by atoms with Crippen LogP contribution in [0.3, 0.4) is 0 Å². The lowest BCUT2D eigenvalue weighted by Gasteiger charge is -2.15. The number of aliphatic hydroxyl groups is 1. The van der Waals surface area contributed by atoms with Gasteiger partial charge in [-0.3, -0.25) is 14.2 Å². The molecule has 0 unspecified atom stereocenters. The van der Waals surface area contributed by atoms with E-state index in [1.54, 1.807) is 0 Å². The highest BCUT2D eigenvalue weighted by atomic mass is 32.2. The predicted octanol–water partition coefficient (Wildman–Crippen LogP) is 0.121. The lowest BCUT2D eigenvalue weighted by Crippen LogP contribution is -2.31. The summed E-state index contributed by atoms with van der Waals surface area (Å²) >= 11 is 0. The van der Waals surface area contributed by atoms with Gasteiger partial charge in [0, 0.05) is 39.2 Å². The van der Waals surface area contributed by atoms with Crippen molar-refractivity contribution in [1.82, 2.24) is 14.6 Å². The Morgan fingerprint density at radius 1 is 1.17 bits per heavy atom. The van der Waals surface area contributed by atoms with Gasteiger partial charge in [0.25, 0.3) is 5.56 Å². The van der Waals surface area contributed by atoms with Crippen LogP contribution < -0.4 is 21.3 Å². The Morgan fingerprint density at radius 2 is 1.86 bits per heavy atom. The van der Waals surface area contributed by atoms with Gasteiger partial charge in [0.1, 0.15) is 5.69 Å². The molecule has 0 aliphatic rings. The Labute approximate surface area is 207 Å². The maximum atomic E-state index is 12.6. The molecular formula is C21H30N6O8S. The van der Waals surface area contributed by atoms with Crippen molar-refractivity contribution in [1.29, 1.82) is 0 Å². The molecule has 0 radical (unpaired) electrons. The third-order valence-electron chi connectivity index (χ3n) is 4.74. The third-order valence-corrected chi connectivity index (χ3v) is 6.22. The second-order valence-electron chi connectivity index (χ2n) is 7.36. The van der Waals surface area contributed by atoms with E-state index < -0.39 is 21.5 Å². The Morgan fingerprint density at radius 3 is 2.47 bits per heavy atom. The molecule has 14 nitrogen and oxygen atoms in total. The molecule has 0 bridgehead atoms. The van der Waals surface area contributed by atoms with Gasteiger partial charge in [0.2, 0.25) is 21.8 Å². The number of ether oxygens (including phenoxy) is 2. The summed E-state index contributed by atoms with van der Waals surface area (Å²) in [5.41, 5.74) is 5.39. The van der Waals surface area contributed by atoms with E-state index in [1.165, 1.54) is 38.3 Å². The molecule has 36 heavy (non-hydrogen) atoms. The first kappa shape index (κ1) is 28.9. The van der Waals surface area contributed by atoms with Crippen molar-refractivity contribution in [2.75, 3.05) is 45.8 Å². The number of pyridine rings is 1. The number of azo groups is 1. The first-order valence-corrected chi connectivity index (χ1v) is 12.3. The van der Waals surface area contributed by atoms with E-state index in [-0.39, 0.29) is 79.5 Å². The largest absolute Gasteiger partial charge is 0.493 e. The number of carbonyl (C=O) groups excluding carboxylic acids is 1. The highest BCUT2D eigenvalue weighted by Gasteiger charge is 2.20. The van der Waals surface area contributed by atoms with Crippen LogP contribution in [0, 0.1) is 0 Å². The molecule has 15 heteroatoms. The van der Waals surface area contributed by atoms with Crippen molar-refractivity contribution >= 4 is 33.0 Å². The maximum Gasteiger partial charge on any atom is 0.277 e. The molecule has 2 aromatic rings. The number of amides is 1. The normalized spacial score (nSPS) is 11.8. The number of hydrogen-bond acceptors (Lipinski definition) is 11. The van der Waals surface area contributed by atoms with Crippen LogP contribution in [0.1, 0.15) is 12.5 Å². The minimum absolute atomic E-state index is 0.0118. The summed E-state index contributed by atoms with van der Waals surface area (Å²) in [7, 11) is -2.41. The first-order chi connectivity index (χ1) is 17.1. The molecule has 0 aliphatic carbocycles. The molecule has 198 valence electrons. The number of benzene rings is 1. The number of nitrogen functional groups attached to an aromatic ring is 1. The van der Waals surface area contributed by atoms with Crippen molar-refractivity contribution in [3.05, 3.63) is 40.2 Å². The van der Waals surface area contributed by atoms with E-state index in [9.17, 15) is 23.1 Å². The Kier molecular flexibility index (Phi) is 10.9. The monoisotopic (exact) mass is 526 g/mol. The van der Waals surface area contributed by atoms with Crippen molar-refractivity contribution < 1.29 is 32.9 Å². The van der Waals surface area contributed by atoms with Crippen molar-refractivity contribution in [3.8, 4) is 5.88 Å². The van der Waals surface area contributed by atoms with Crippen molar-refractivity contribution in [3.63, 3.8) is 0 Å². The minimum atomic E-state index is -3.79. The molecule has 0 saturated carbocycles. The molecule has 1 aromatic heterocycles. The fraction of sp³-hybridized carbons (Fsp3) is 0.429. The number of aliphatic hydroxyl groups excluding tert-OH is 1. The SMILES string of the molecule is COCc1c(/N=N/c2ccc(S(=O)(=O)NCCOCCO)cc2)c(O)n(CCNC(C)=O)c(=O)c1N. The molecule has 1 aromatic carbocycles. The van der Waals surface area contributed by atoms with Crippen LogP contribution >= 0.6 is 0 Å². The van der Waals surface area contributed by atoms with Crippen LogP contribution in [0.25, 0.3) is 0 Å². The quantitative estimate of drug-likeness (QED) is 0.167. The van der Waals surface area contributed by atoms with Gasteiger partial charge < -0.3 is 30.7 Å². The van der Waals surface area contributed by atoms with Gasteiger partial charge >= 0.3 is 0 Å². The fourth-order valence-electron chi connectivity index (χ4n) is 3.01. The summed E-state index contributed by atoms with van der Waals surface area (Å²) in [6, 6.07) is 5.46. The number of methoxy groups -OCH3 is 1. The van der Waals surface area contributed by atoms with Crippen LogP contribution in [-0.4, -0.2) is 69.1 Å². The number of anilines is 1. The Bertz CT molecular complexity index is 1230. The summed E-state index contributed by atoms with van der Waals surface area (Å²) in [6.45, 7) is 1.30. The number of aromatic nitrogens is 1. The molecule has 0 saturated heterocycles. The van der Waals surface area contributed by atoms with E-state index in [0.29, 0.717) is 0 Å². The Hall–Kier alpha value is -3.37. The second-order valence-corrected chi connectivity index (χ2v) is 9.13. The van der Waals surface area contributed by atoms with Gasteiger partial charge in [0.15, 0.2) is 5.69 Å². The van der Waals surface area contributed by atoms with Crippen LogP contribution in [-0.2, 0) is 37.4 Å². The number of aromatic hydroxyl groups is 1. The number of nitrogens with one attached hydrogen (secondary N) is 2. The zero-order valence-corrected chi connectivity index (χ0v) is 20.7. The lowest BCUT2D eigenvalue weighted by molar-refractivity contribution is -0.119. The smallest absolute Gasteiger partial charge is 0.277 e. The summed E-state index contributed by atoms with van der Waals surface area (Å²) in [4.78, 5) is 23.7. The van der Waals surface area contributed by atoms with E-state index in [2.05, 4.69) is 20.3 Å². The number of nitrogens with two attached hydrogens (primary N) is 1. The van der Waals surface area contributed by atoms with Crippen molar-refractivity contribution in [2.24, 2.45) is 10.2 Å². The molecule has 2 rings (SSSR count). The maximum absolute atomic E-state index is 12.6. The average Bonchev–Trinajstić information content (AvgIpc) is 2.84. The van der Waals surface area contributed by atoms with Crippen LogP contribution in [0.4, 0.5) is 17.1 Å². The molecule has 1 amide bonds. The number of hydrogen-bond donors (Lipinski definition) is 5. The topological polar surface area (TPSA) is 207 Å². The van der Waals surface area contributed by atoms with Crippen LogP contribution in [0.5, 0.6) is 5.88 Å². The van der Waals surface area contributed by atoms with Gasteiger partial charge in [0.05, 0.1) is 37.0 Å². The van der Waals surface area contributed by atoms with Crippen LogP contribution in [0.2, 0.25) is 0 Å². The third kappa shape index (κ3) is 7.82. The highest BCUT2D eigenvalue weighted by Crippen LogP contribution is 2.34. The molecule has 0 fully saturated rings. The van der Waals surface area contributed by atoms with Gasteiger partial charge in [-0.15, -0.1) is 5.11 Å². The summed E-state index contributed by atoms with van der Waals surface area (Å²) in [6.07, 6.45) is 0. The van der Waals surface area contributed by atoms with E-state index in [4.69, 9.17) is 20.3 Å². The summed E-state index contributed by atoms with van der Waals surface area (Å²) in [5, 5.41) is 30.0.